The van der Waals surface area contributed by atoms with Crippen molar-refractivity contribution in [1.82, 2.24) is 5.32 Å². The molecule has 0 spiro atoms. The van der Waals surface area contributed by atoms with E-state index in [-0.39, 0.29) is 36.2 Å². The summed E-state index contributed by atoms with van der Waals surface area (Å²) in [5.74, 6) is 2.40. The van der Waals surface area contributed by atoms with Gasteiger partial charge in [0.05, 0.1) is 32.3 Å². The molecule has 4 aromatic rings. The van der Waals surface area contributed by atoms with Crippen LogP contribution in [0.2, 0.25) is 0 Å². The molecule has 4 atom stereocenters. The highest BCUT2D eigenvalue weighted by atomic mass is 16.6. The molecule has 9 nitrogen and oxygen atoms in total. The van der Waals surface area contributed by atoms with Crippen LogP contribution in [0.15, 0.2) is 59.6 Å². The minimum absolute atomic E-state index is 0.0708. The van der Waals surface area contributed by atoms with Gasteiger partial charge in [0.15, 0.2) is 17.6 Å². The lowest BCUT2D eigenvalue weighted by molar-refractivity contribution is -0.0486. The van der Waals surface area contributed by atoms with E-state index < -0.39 is 6.10 Å². The number of hydrogen-bond acceptors (Lipinski definition) is 9. The van der Waals surface area contributed by atoms with Crippen molar-refractivity contribution >= 4 is 6.08 Å². The van der Waals surface area contributed by atoms with Gasteiger partial charge < -0.3 is 34.3 Å². The first kappa shape index (κ1) is 34.2. The van der Waals surface area contributed by atoms with E-state index in [9.17, 15) is 15.3 Å². The molecule has 2 aliphatic carbocycles. The Bertz CT molecular complexity index is 2160. The highest BCUT2D eigenvalue weighted by Crippen LogP contribution is 2.56. The summed E-state index contributed by atoms with van der Waals surface area (Å²) in [6.07, 6.45) is 10.7. The summed E-state index contributed by atoms with van der Waals surface area (Å²) in [5.41, 5.74) is 8.61. The van der Waals surface area contributed by atoms with E-state index >= 15 is 0 Å². The number of fused-ring (bicyclic) bond motifs is 9. The Balaban J connectivity index is 1.16. The van der Waals surface area contributed by atoms with Crippen molar-refractivity contribution in [1.29, 1.82) is 0 Å². The molecule has 9 heteroatoms. The zero-order valence-corrected chi connectivity index (χ0v) is 30.3. The second-order valence-corrected chi connectivity index (χ2v) is 15.3. The minimum atomic E-state index is -0.459. The van der Waals surface area contributed by atoms with Crippen LogP contribution in [0.3, 0.4) is 0 Å². The predicted molar refractivity (Wildman–Crippen MR) is 202 cm³/mol. The van der Waals surface area contributed by atoms with Gasteiger partial charge in [0, 0.05) is 29.2 Å². The number of ether oxygens (including phenoxy) is 4. The van der Waals surface area contributed by atoms with Crippen molar-refractivity contribution in [3.8, 4) is 39.9 Å². The summed E-state index contributed by atoms with van der Waals surface area (Å²) in [4.78, 5) is 4.59. The number of aliphatic hydroxyl groups excluding tert-OH is 1. The largest absolute Gasteiger partial charge is 0.508 e. The van der Waals surface area contributed by atoms with E-state index in [1.54, 1.807) is 19.2 Å². The molecule has 4 aromatic carbocycles. The van der Waals surface area contributed by atoms with E-state index in [4.69, 9.17) is 18.9 Å². The molecule has 276 valence electrons. The number of nitrogens with one attached hydrogen (secondary N) is 1. The zero-order chi connectivity index (χ0) is 36.1. The van der Waals surface area contributed by atoms with Gasteiger partial charge in [-0.3, -0.25) is 10.3 Å². The molecule has 53 heavy (non-hydrogen) atoms. The number of aromatic hydroxyl groups is 2. The zero-order valence-electron chi connectivity index (χ0n) is 30.3. The first-order valence-electron chi connectivity index (χ1n) is 19.3. The van der Waals surface area contributed by atoms with E-state index in [0.29, 0.717) is 37.8 Å². The Morgan fingerprint density at radius 1 is 0.887 bits per heavy atom. The quantitative estimate of drug-likeness (QED) is 0.163. The second kappa shape index (κ2) is 14.3. The standard InChI is InChI=1S/C44H48N2O7/c1-50-39-20-27(8-14-38(39)49)42-40(51-24-46-29-5-3-2-4-6-29)22-36-35-19-28(18-25-7-13-37-26(17-25)15-16-45-37)34-21-30(48)9-11-32(34)41(35)44-33(43(36)53-42)12-10-31(23-47)52-44/h7-9,11,13-15,17,20-21,28-29,31,40,42,46-49H,2-6,10,12,16,18-19,22-24H2,1H3. The summed E-state index contributed by atoms with van der Waals surface area (Å²) >= 11 is 0. The molecule has 0 bridgehead atoms. The molecule has 3 heterocycles. The summed E-state index contributed by atoms with van der Waals surface area (Å²) < 4.78 is 26.2. The predicted octanol–water partition coefficient (Wildman–Crippen LogP) is 5.70. The van der Waals surface area contributed by atoms with Gasteiger partial charge in [0.25, 0.3) is 0 Å². The maximum absolute atomic E-state index is 10.8. The van der Waals surface area contributed by atoms with Crippen LogP contribution in [0.4, 0.5) is 0 Å². The van der Waals surface area contributed by atoms with Crippen molar-refractivity contribution in [3.05, 3.63) is 98.6 Å². The first-order chi connectivity index (χ1) is 26.0. The van der Waals surface area contributed by atoms with Crippen molar-refractivity contribution in [2.45, 2.75) is 94.5 Å². The number of methoxy groups -OCH3 is 1. The third-order valence-corrected chi connectivity index (χ3v) is 12.1. The maximum atomic E-state index is 10.8. The third-order valence-electron chi connectivity index (χ3n) is 12.1. The average molecular weight is 717 g/mol. The Hall–Kier alpha value is -4.57. The number of benzene rings is 4. The molecule has 0 saturated heterocycles. The maximum Gasteiger partial charge on any atom is 0.160 e. The summed E-state index contributed by atoms with van der Waals surface area (Å²) in [6.45, 7) is 1.06. The fourth-order valence-electron chi connectivity index (χ4n) is 9.36. The number of hydrogen-bond donors (Lipinski definition) is 4. The number of rotatable bonds is 9. The monoisotopic (exact) mass is 716 g/mol. The lowest BCUT2D eigenvalue weighted by atomic mass is 9.72. The lowest BCUT2D eigenvalue weighted by Crippen LogP contribution is -2.40. The van der Waals surface area contributed by atoms with E-state index in [2.05, 4.69) is 34.6 Å². The van der Waals surface area contributed by atoms with E-state index in [0.717, 1.165) is 82.5 Å². The number of phenols is 2. The molecule has 0 aromatic heterocycles. The topological polar surface area (TPSA) is 122 Å². The van der Waals surface area contributed by atoms with Crippen LogP contribution in [0.1, 0.15) is 83.9 Å². The summed E-state index contributed by atoms with van der Waals surface area (Å²) in [7, 11) is 1.56. The second-order valence-electron chi connectivity index (χ2n) is 15.3. The van der Waals surface area contributed by atoms with Gasteiger partial charge in [0.1, 0.15) is 29.5 Å². The van der Waals surface area contributed by atoms with Gasteiger partial charge in [-0.05, 0) is 114 Å². The molecule has 3 aliphatic heterocycles. The summed E-state index contributed by atoms with van der Waals surface area (Å²) in [6, 6.07) is 18.1. The number of nitrogens with zero attached hydrogens (tertiary/aromatic N) is 1. The van der Waals surface area contributed by atoms with E-state index in [1.807, 2.05) is 24.3 Å². The van der Waals surface area contributed by atoms with Crippen LogP contribution in [0.25, 0.3) is 17.2 Å². The van der Waals surface area contributed by atoms with Crippen LogP contribution < -0.4 is 30.1 Å². The van der Waals surface area contributed by atoms with Crippen molar-refractivity contribution < 1.29 is 34.3 Å². The molecule has 5 aliphatic rings. The van der Waals surface area contributed by atoms with E-state index in [1.165, 1.54) is 35.6 Å². The fourth-order valence-corrected chi connectivity index (χ4v) is 9.36. The molecule has 4 N–H and O–H groups in total. The van der Waals surface area contributed by atoms with Crippen molar-refractivity contribution in [3.63, 3.8) is 0 Å². The minimum Gasteiger partial charge on any atom is -0.508 e. The van der Waals surface area contributed by atoms with Gasteiger partial charge in [-0.1, -0.05) is 43.5 Å². The van der Waals surface area contributed by atoms with Crippen molar-refractivity contribution in [2.24, 2.45) is 4.99 Å². The van der Waals surface area contributed by atoms with Crippen LogP contribution in [0.5, 0.6) is 28.7 Å². The first-order valence-corrected chi connectivity index (χ1v) is 19.3. The van der Waals surface area contributed by atoms with Gasteiger partial charge in [-0.15, -0.1) is 0 Å². The Labute approximate surface area is 309 Å². The Morgan fingerprint density at radius 2 is 1.77 bits per heavy atom. The average Bonchev–Trinajstić information content (AvgIpc) is 3.66. The molecule has 4 unspecified atom stereocenters. The molecule has 0 amide bonds. The number of phenolic OH excluding ortho intramolecular Hbond substituents is 2. The molecular weight excluding hydrogens is 668 g/mol. The van der Waals surface area contributed by atoms with Crippen LogP contribution in [-0.4, -0.2) is 60.6 Å². The molecule has 0 radical (unpaired) electrons. The molecule has 9 rings (SSSR count). The molecule has 1 fully saturated rings. The Kier molecular flexibility index (Phi) is 9.26. The van der Waals surface area contributed by atoms with Gasteiger partial charge in [-0.2, -0.15) is 0 Å². The highest BCUT2D eigenvalue weighted by Gasteiger charge is 2.42. The van der Waals surface area contributed by atoms with Crippen molar-refractivity contribution in [2.75, 3.05) is 27.0 Å². The highest BCUT2D eigenvalue weighted by molar-refractivity contribution is 5.85. The van der Waals surface area contributed by atoms with Gasteiger partial charge >= 0.3 is 0 Å². The fraction of sp³-hybridized carbons (Fsp3) is 0.432. The van der Waals surface area contributed by atoms with Crippen LogP contribution >= 0.6 is 0 Å². The Morgan fingerprint density at radius 3 is 2.62 bits per heavy atom. The normalized spacial score (nSPS) is 22.8. The van der Waals surface area contributed by atoms with Crippen LogP contribution in [-0.2, 0) is 30.4 Å². The van der Waals surface area contributed by atoms with Gasteiger partial charge in [-0.25, -0.2) is 0 Å². The molecular formula is C44H48N2O7. The summed E-state index contributed by atoms with van der Waals surface area (Å²) in [5, 5.41) is 37.5. The third kappa shape index (κ3) is 6.43. The lowest BCUT2D eigenvalue weighted by Gasteiger charge is -2.41. The smallest absolute Gasteiger partial charge is 0.160 e. The SMILES string of the molecule is COc1cc(C2Oc3c(c4c(c5c3CCC(CO)O5)-c3ccc(O)cc3C(Cc3ccc5c(c3)=CCN=5)C4)CC2OCNC2CCCCC2)ccc1O. The van der Waals surface area contributed by atoms with Crippen LogP contribution in [0, 0.1) is 0 Å². The van der Waals surface area contributed by atoms with Gasteiger partial charge in [0.2, 0.25) is 0 Å². The number of aliphatic hydroxyl groups is 1. The molecule has 1 saturated carbocycles.